The van der Waals surface area contributed by atoms with Crippen molar-refractivity contribution >= 4 is 10.9 Å². The highest BCUT2D eigenvalue weighted by Crippen LogP contribution is 2.21. The molecule has 2 nitrogen and oxygen atoms in total. The molecule has 1 aromatic carbocycles. The van der Waals surface area contributed by atoms with E-state index >= 15 is 0 Å². The van der Waals surface area contributed by atoms with Crippen molar-refractivity contribution in [3.05, 3.63) is 30.0 Å². The van der Waals surface area contributed by atoms with Crippen molar-refractivity contribution < 1.29 is 8.78 Å². The molecule has 0 N–H and O–H groups in total. The molecule has 0 atom stereocenters. The molecule has 0 aliphatic heterocycles. The summed E-state index contributed by atoms with van der Waals surface area (Å²) < 4.78 is 25.4. The molecule has 0 bridgehead atoms. The highest BCUT2D eigenvalue weighted by Gasteiger charge is 2.11. The second-order valence-corrected chi connectivity index (χ2v) is 2.87. The maximum absolute atomic E-state index is 12.4. The number of benzene rings is 1. The average Bonchev–Trinajstić information content (AvgIpc) is 2.48. The summed E-state index contributed by atoms with van der Waals surface area (Å²) in [5.74, 6) is 0. The number of rotatable bonds is 1. The largest absolute Gasteiger partial charge is 0.333 e. The first-order chi connectivity index (χ1) is 6.20. The Morgan fingerprint density at radius 3 is 2.85 bits per heavy atom. The molecule has 68 valence electrons. The van der Waals surface area contributed by atoms with Crippen molar-refractivity contribution in [3.63, 3.8) is 0 Å². The van der Waals surface area contributed by atoms with Crippen molar-refractivity contribution in [2.24, 2.45) is 0 Å². The molecular formula is C9H8F2N2. The first-order valence-corrected chi connectivity index (χ1v) is 3.91. The standard InChI is InChI=1S/C9H8F2N2/c1-6-3-2-4-8-7(6)5-12-13(8)9(10)11/h2-5,9H,1H3. The number of hydrogen-bond acceptors (Lipinski definition) is 1. The van der Waals surface area contributed by atoms with Gasteiger partial charge in [-0.15, -0.1) is 0 Å². The van der Waals surface area contributed by atoms with E-state index in [0.717, 1.165) is 15.6 Å². The molecular weight excluding hydrogens is 174 g/mol. The average molecular weight is 182 g/mol. The van der Waals surface area contributed by atoms with Crippen LogP contribution in [0, 0.1) is 6.92 Å². The van der Waals surface area contributed by atoms with E-state index in [1.807, 2.05) is 13.0 Å². The van der Waals surface area contributed by atoms with E-state index in [4.69, 9.17) is 0 Å². The molecule has 0 radical (unpaired) electrons. The Labute approximate surface area is 73.8 Å². The lowest BCUT2D eigenvalue weighted by Gasteiger charge is -2.00. The highest BCUT2D eigenvalue weighted by molar-refractivity contribution is 5.81. The number of halogens is 2. The monoisotopic (exact) mass is 182 g/mol. The summed E-state index contributed by atoms with van der Waals surface area (Å²) in [6.45, 7) is -0.695. The molecule has 4 heteroatoms. The van der Waals surface area contributed by atoms with Crippen LogP contribution in [0.5, 0.6) is 0 Å². The lowest BCUT2D eigenvalue weighted by molar-refractivity contribution is 0.0615. The number of alkyl halides is 2. The minimum absolute atomic E-state index is 0.481. The number of aromatic nitrogens is 2. The van der Waals surface area contributed by atoms with E-state index < -0.39 is 6.55 Å². The van der Waals surface area contributed by atoms with Crippen LogP contribution >= 0.6 is 0 Å². The molecule has 2 rings (SSSR count). The van der Waals surface area contributed by atoms with Gasteiger partial charge < -0.3 is 0 Å². The topological polar surface area (TPSA) is 17.8 Å². The molecule has 2 aromatic rings. The molecule has 1 aromatic heterocycles. The summed E-state index contributed by atoms with van der Waals surface area (Å²) in [7, 11) is 0. The molecule has 0 aliphatic carbocycles. The van der Waals surface area contributed by atoms with Gasteiger partial charge >= 0.3 is 6.55 Å². The van der Waals surface area contributed by atoms with E-state index in [1.165, 1.54) is 6.20 Å². The Balaban J connectivity index is 2.75. The fourth-order valence-corrected chi connectivity index (χ4v) is 1.37. The van der Waals surface area contributed by atoms with Gasteiger partial charge in [-0.05, 0) is 18.6 Å². The van der Waals surface area contributed by atoms with Gasteiger partial charge in [0.05, 0.1) is 11.7 Å². The van der Waals surface area contributed by atoms with Crippen molar-refractivity contribution in [2.75, 3.05) is 0 Å². The number of hydrogen-bond donors (Lipinski definition) is 0. The third-order valence-electron chi connectivity index (χ3n) is 2.04. The highest BCUT2D eigenvalue weighted by atomic mass is 19.3. The summed E-state index contributed by atoms with van der Waals surface area (Å²) >= 11 is 0. The zero-order valence-electron chi connectivity index (χ0n) is 7.04. The summed E-state index contributed by atoms with van der Waals surface area (Å²) in [5.41, 5.74) is 1.44. The number of fused-ring (bicyclic) bond motifs is 1. The van der Waals surface area contributed by atoms with Crippen LogP contribution in [-0.4, -0.2) is 9.78 Å². The predicted octanol–water partition coefficient (Wildman–Crippen LogP) is 2.74. The lowest BCUT2D eigenvalue weighted by atomic mass is 10.1. The molecule has 0 amide bonds. The number of aryl methyl sites for hydroxylation is 1. The first-order valence-electron chi connectivity index (χ1n) is 3.91. The van der Waals surface area contributed by atoms with Crippen LogP contribution < -0.4 is 0 Å². The second kappa shape index (κ2) is 2.80. The Morgan fingerprint density at radius 1 is 1.38 bits per heavy atom. The quantitative estimate of drug-likeness (QED) is 0.663. The zero-order valence-corrected chi connectivity index (χ0v) is 7.04. The smallest absolute Gasteiger partial charge is 0.204 e. The third kappa shape index (κ3) is 1.18. The van der Waals surface area contributed by atoms with Crippen LogP contribution in [0.1, 0.15) is 12.1 Å². The van der Waals surface area contributed by atoms with Crippen LogP contribution in [0.4, 0.5) is 8.78 Å². The first kappa shape index (κ1) is 8.16. The van der Waals surface area contributed by atoms with Gasteiger partial charge in [0.1, 0.15) is 0 Å². The van der Waals surface area contributed by atoms with Crippen LogP contribution in [0.3, 0.4) is 0 Å². The molecule has 0 saturated heterocycles. The third-order valence-corrected chi connectivity index (χ3v) is 2.04. The summed E-state index contributed by atoms with van der Waals surface area (Å²) in [6.07, 6.45) is 1.47. The molecule has 0 unspecified atom stereocenters. The summed E-state index contributed by atoms with van der Waals surface area (Å²) in [5, 5.41) is 4.40. The molecule has 0 spiro atoms. The maximum atomic E-state index is 12.4. The summed E-state index contributed by atoms with van der Waals surface area (Å²) in [6, 6.07) is 5.26. The normalized spacial score (nSPS) is 11.4. The second-order valence-electron chi connectivity index (χ2n) is 2.87. The summed E-state index contributed by atoms with van der Waals surface area (Å²) in [4.78, 5) is 0. The minimum atomic E-state index is -2.57. The van der Waals surface area contributed by atoms with Crippen molar-refractivity contribution in [3.8, 4) is 0 Å². The van der Waals surface area contributed by atoms with E-state index in [1.54, 1.807) is 12.1 Å². The Hall–Kier alpha value is -1.45. The van der Waals surface area contributed by atoms with Crippen molar-refractivity contribution in [2.45, 2.75) is 13.5 Å². The predicted molar refractivity (Wildman–Crippen MR) is 45.7 cm³/mol. The van der Waals surface area contributed by atoms with Gasteiger partial charge in [0, 0.05) is 5.39 Å². The molecule has 0 aliphatic rings. The fraction of sp³-hybridized carbons (Fsp3) is 0.222. The van der Waals surface area contributed by atoms with E-state index in [-0.39, 0.29) is 0 Å². The zero-order chi connectivity index (χ0) is 9.42. The SMILES string of the molecule is Cc1cccc2c1cnn2C(F)F. The molecule has 1 heterocycles. The van der Waals surface area contributed by atoms with E-state index in [0.29, 0.717) is 5.52 Å². The number of nitrogens with zero attached hydrogens (tertiary/aromatic N) is 2. The molecule has 13 heavy (non-hydrogen) atoms. The Kier molecular flexibility index (Phi) is 1.76. The van der Waals surface area contributed by atoms with Crippen LogP contribution in [0.2, 0.25) is 0 Å². The molecule has 0 saturated carbocycles. The van der Waals surface area contributed by atoms with E-state index in [2.05, 4.69) is 5.10 Å². The van der Waals surface area contributed by atoms with Gasteiger partial charge in [0.2, 0.25) is 0 Å². The van der Waals surface area contributed by atoms with Gasteiger partial charge in [0.15, 0.2) is 0 Å². The van der Waals surface area contributed by atoms with Gasteiger partial charge in [0.25, 0.3) is 0 Å². The van der Waals surface area contributed by atoms with Gasteiger partial charge in [-0.1, -0.05) is 12.1 Å². The van der Waals surface area contributed by atoms with Crippen LogP contribution in [-0.2, 0) is 0 Å². The fourth-order valence-electron chi connectivity index (χ4n) is 1.37. The van der Waals surface area contributed by atoms with Crippen molar-refractivity contribution in [1.82, 2.24) is 9.78 Å². The minimum Gasteiger partial charge on any atom is -0.204 e. The van der Waals surface area contributed by atoms with Gasteiger partial charge in [-0.3, -0.25) is 0 Å². The Bertz CT molecular complexity index is 434. The lowest BCUT2D eigenvalue weighted by Crippen LogP contribution is -1.98. The molecule has 0 fully saturated rings. The van der Waals surface area contributed by atoms with Gasteiger partial charge in [-0.25, -0.2) is 4.68 Å². The van der Waals surface area contributed by atoms with Crippen LogP contribution in [0.15, 0.2) is 24.4 Å². The van der Waals surface area contributed by atoms with Gasteiger partial charge in [-0.2, -0.15) is 13.9 Å². The van der Waals surface area contributed by atoms with Crippen LogP contribution in [0.25, 0.3) is 10.9 Å². The Morgan fingerprint density at radius 2 is 2.15 bits per heavy atom. The van der Waals surface area contributed by atoms with E-state index in [9.17, 15) is 8.78 Å². The van der Waals surface area contributed by atoms with Crippen molar-refractivity contribution in [1.29, 1.82) is 0 Å². The maximum Gasteiger partial charge on any atom is 0.333 e.